The van der Waals surface area contributed by atoms with Crippen molar-refractivity contribution in [3.05, 3.63) is 34.3 Å². The lowest BCUT2D eigenvalue weighted by molar-refractivity contribution is -0.118. The number of benzene rings is 1. The molecule has 1 aromatic heterocycles. The molecule has 0 spiro atoms. The number of nitrogens with zero attached hydrogens (tertiary/aromatic N) is 1. The molecular formula is C14H13N3O3S. The summed E-state index contributed by atoms with van der Waals surface area (Å²) in [6, 6.07) is 5.04. The number of anilines is 2. The highest BCUT2D eigenvalue weighted by Gasteiger charge is 2.23. The first-order chi connectivity index (χ1) is 10.0. The van der Waals surface area contributed by atoms with Crippen molar-refractivity contribution >= 4 is 34.0 Å². The van der Waals surface area contributed by atoms with E-state index in [1.54, 1.807) is 18.2 Å². The first kappa shape index (κ1) is 13.6. The summed E-state index contributed by atoms with van der Waals surface area (Å²) < 4.78 is 5.36. The second-order valence-corrected chi connectivity index (χ2v) is 5.84. The molecule has 2 N–H and O–H groups in total. The number of aryl methyl sites for hydroxylation is 2. The highest BCUT2D eigenvalue weighted by atomic mass is 32.1. The zero-order valence-electron chi connectivity index (χ0n) is 11.5. The van der Waals surface area contributed by atoms with Gasteiger partial charge in [-0.15, -0.1) is 11.3 Å². The van der Waals surface area contributed by atoms with E-state index >= 15 is 0 Å². The van der Waals surface area contributed by atoms with Crippen molar-refractivity contribution in [2.24, 2.45) is 0 Å². The minimum absolute atomic E-state index is 0.0905. The van der Waals surface area contributed by atoms with Crippen molar-refractivity contribution in [1.82, 2.24) is 4.98 Å². The van der Waals surface area contributed by atoms with Gasteiger partial charge in [-0.2, -0.15) is 0 Å². The summed E-state index contributed by atoms with van der Waals surface area (Å²) in [5, 5.41) is 5.98. The fourth-order valence-corrected chi connectivity index (χ4v) is 2.79. The van der Waals surface area contributed by atoms with Gasteiger partial charge in [0.25, 0.3) is 11.8 Å². The molecule has 1 aliphatic rings. The lowest BCUT2D eigenvalue weighted by atomic mass is 10.1. The van der Waals surface area contributed by atoms with Gasteiger partial charge in [0.05, 0.1) is 16.9 Å². The summed E-state index contributed by atoms with van der Waals surface area (Å²) in [5.41, 5.74) is 1.78. The molecule has 2 aromatic rings. The van der Waals surface area contributed by atoms with Crippen molar-refractivity contribution in [2.75, 3.05) is 17.2 Å². The third-order valence-corrected chi connectivity index (χ3v) is 4.12. The molecule has 0 fully saturated rings. The molecule has 6 nitrogen and oxygen atoms in total. The maximum absolute atomic E-state index is 12.4. The van der Waals surface area contributed by atoms with E-state index in [4.69, 9.17) is 4.74 Å². The van der Waals surface area contributed by atoms with E-state index in [-0.39, 0.29) is 18.4 Å². The molecule has 1 aromatic carbocycles. The zero-order valence-corrected chi connectivity index (χ0v) is 12.3. The van der Waals surface area contributed by atoms with Crippen LogP contribution in [0.1, 0.15) is 20.9 Å². The van der Waals surface area contributed by atoms with Crippen LogP contribution in [0.25, 0.3) is 0 Å². The highest BCUT2D eigenvalue weighted by molar-refractivity contribution is 7.15. The molecule has 0 radical (unpaired) electrons. The van der Waals surface area contributed by atoms with Crippen LogP contribution in [0.2, 0.25) is 0 Å². The number of hydrogen-bond acceptors (Lipinski definition) is 5. The molecule has 2 amide bonds. The Morgan fingerprint density at radius 2 is 2.24 bits per heavy atom. The lowest BCUT2D eigenvalue weighted by Gasteiger charge is -2.19. The maximum Gasteiger partial charge on any atom is 0.262 e. The number of carbonyl (C=O) groups is 2. The quantitative estimate of drug-likeness (QED) is 0.892. The Morgan fingerprint density at radius 1 is 1.43 bits per heavy atom. The van der Waals surface area contributed by atoms with Crippen LogP contribution in [0.5, 0.6) is 5.75 Å². The fourth-order valence-electron chi connectivity index (χ4n) is 1.98. The van der Waals surface area contributed by atoms with Gasteiger partial charge in [-0.25, -0.2) is 4.98 Å². The Labute approximate surface area is 125 Å². The number of ether oxygens (including phenoxy) is 1. The van der Waals surface area contributed by atoms with Crippen LogP contribution < -0.4 is 15.4 Å². The molecule has 0 saturated heterocycles. The van der Waals surface area contributed by atoms with E-state index in [9.17, 15) is 9.59 Å². The molecule has 1 aliphatic heterocycles. The normalized spacial score (nSPS) is 13.1. The summed E-state index contributed by atoms with van der Waals surface area (Å²) in [6.45, 7) is 3.75. The van der Waals surface area contributed by atoms with Crippen molar-refractivity contribution < 1.29 is 14.3 Å². The summed E-state index contributed by atoms with van der Waals surface area (Å²) in [4.78, 5) is 29.0. The summed E-state index contributed by atoms with van der Waals surface area (Å²) in [7, 11) is 0. The minimum Gasteiger partial charge on any atom is -0.481 e. The monoisotopic (exact) mass is 303 g/mol. The largest absolute Gasteiger partial charge is 0.481 e. The smallest absolute Gasteiger partial charge is 0.262 e. The number of fused-ring (bicyclic) bond motifs is 1. The average molecular weight is 303 g/mol. The van der Waals surface area contributed by atoms with Gasteiger partial charge < -0.3 is 10.1 Å². The summed E-state index contributed by atoms with van der Waals surface area (Å²) in [6.07, 6.45) is 0. The number of amides is 2. The maximum atomic E-state index is 12.4. The van der Waals surface area contributed by atoms with Gasteiger partial charge in [0.1, 0.15) is 0 Å². The third-order valence-electron chi connectivity index (χ3n) is 3.13. The van der Waals surface area contributed by atoms with Gasteiger partial charge in [0.15, 0.2) is 17.5 Å². The van der Waals surface area contributed by atoms with Gasteiger partial charge in [0.2, 0.25) is 0 Å². The van der Waals surface area contributed by atoms with Crippen LogP contribution in [0, 0.1) is 13.8 Å². The Hall–Kier alpha value is -2.41. The summed E-state index contributed by atoms with van der Waals surface area (Å²) in [5.74, 6) is -0.150. The molecule has 2 heterocycles. The van der Waals surface area contributed by atoms with Gasteiger partial charge in [-0.05, 0) is 26.0 Å². The van der Waals surface area contributed by atoms with Crippen LogP contribution >= 0.6 is 11.3 Å². The van der Waals surface area contributed by atoms with Crippen molar-refractivity contribution in [3.8, 4) is 5.75 Å². The molecule has 21 heavy (non-hydrogen) atoms. The standard InChI is InChI=1S/C14H13N3O3S/c1-7-8(2)21-14(15-7)17-13(19)9-4-3-5-10-12(9)20-6-11(18)16-10/h3-5H,6H2,1-2H3,(H,16,18)(H,15,17,19). The molecule has 108 valence electrons. The number of aromatic nitrogens is 1. The first-order valence-electron chi connectivity index (χ1n) is 6.35. The van der Waals surface area contributed by atoms with Crippen LogP contribution in [0.15, 0.2) is 18.2 Å². The van der Waals surface area contributed by atoms with Crippen molar-refractivity contribution in [3.63, 3.8) is 0 Å². The second kappa shape index (κ2) is 5.17. The van der Waals surface area contributed by atoms with E-state index in [1.807, 2.05) is 13.8 Å². The topological polar surface area (TPSA) is 80.3 Å². The number of nitrogens with one attached hydrogen (secondary N) is 2. The number of hydrogen-bond donors (Lipinski definition) is 2. The second-order valence-electron chi connectivity index (χ2n) is 4.63. The molecule has 0 atom stereocenters. The Bertz CT molecular complexity index is 720. The van der Waals surface area contributed by atoms with Crippen LogP contribution in [-0.4, -0.2) is 23.4 Å². The third kappa shape index (κ3) is 2.59. The molecular weight excluding hydrogens is 290 g/mol. The number of para-hydroxylation sites is 1. The molecule has 0 unspecified atom stereocenters. The van der Waals surface area contributed by atoms with Gasteiger partial charge >= 0.3 is 0 Å². The SMILES string of the molecule is Cc1nc(NC(=O)c2cccc3c2OCC(=O)N3)sc1C. The number of rotatable bonds is 2. The van der Waals surface area contributed by atoms with E-state index in [2.05, 4.69) is 15.6 Å². The van der Waals surface area contributed by atoms with Gasteiger partial charge in [0, 0.05) is 4.88 Å². The number of carbonyl (C=O) groups excluding carboxylic acids is 2. The van der Waals surface area contributed by atoms with E-state index in [0.717, 1.165) is 10.6 Å². The fraction of sp³-hybridized carbons (Fsp3) is 0.214. The molecule has 0 bridgehead atoms. The molecule has 3 rings (SSSR count). The highest BCUT2D eigenvalue weighted by Crippen LogP contribution is 2.32. The Kier molecular flexibility index (Phi) is 3.34. The average Bonchev–Trinajstić information content (AvgIpc) is 2.76. The molecule has 0 aliphatic carbocycles. The van der Waals surface area contributed by atoms with Gasteiger partial charge in [-0.1, -0.05) is 6.07 Å². The van der Waals surface area contributed by atoms with Crippen molar-refractivity contribution in [1.29, 1.82) is 0 Å². The van der Waals surface area contributed by atoms with Crippen molar-refractivity contribution in [2.45, 2.75) is 13.8 Å². The first-order valence-corrected chi connectivity index (χ1v) is 7.17. The van der Waals surface area contributed by atoms with Gasteiger partial charge in [-0.3, -0.25) is 14.9 Å². The lowest BCUT2D eigenvalue weighted by Crippen LogP contribution is -2.27. The van der Waals surface area contributed by atoms with E-state index in [0.29, 0.717) is 22.1 Å². The van der Waals surface area contributed by atoms with E-state index in [1.165, 1.54) is 11.3 Å². The van der Waals surface area contributed by atoms with Crippen LogP contribution in [0.4, 0.5) is 10.8 Å². The van der Waals surface area contributed by atoms with Crippen LogP contribution in [0.3, 0.4) is 0 Å². The predicted molar refractivity (Wildman–Crippen MR) is 80.1 cm³/mol. The molecule has 7 heteroatoms. The zero-order chi connectivity index (χ0) is 15.0. The Balaban J connectivity index is 1.88. The van der Waals surface area contributed by atoms with E-state index < -0.39 is 0 Å². The summed E-state index contributed by atoms with van der Waals surface area (Å²) >= 11 is 1.42. The Morgan fingerprint density at radius 3 is 2.95 bits per heavy atom. The predicted octanol–water partition coefficient (Wildman–Crippen LogP) is 2.34. The minimum atomic E-state index is -0.309. The van der Waals surface area contributed by atoms with Crippen LogP contribution in [-0.2, 0) is 4.79 Å². The number of thiazole rings is 1. The molecule has 0 saturated carbocycles.